The zero-order valence-electron chi connectivity index (χ0n) is 10.5. The predicted molar refractivity (Wildman–Crippen MR) is 74.4 cm³/mol. The molecule has 0 N–H and O–H groups in total. The van der Waals surface area contributed by atoms with E-state index in [1.165, 1.54) is 3.57 Å². The van der Waals surface area contributed by atoms with Crippen LogP contribution in [-0.2, 0) is 11.3 Å². The first-order valence-electron chi connectivity index (χ1n) is 5.85. The summed E-state index contributed by atoms with van der Waals surface area (Å²) < 4.78 is 8.84. The highest BCUT2D eigenvalue weighted by Gasteiger charge is 2.10. The molecule has 0 aromatic carbocycles. The van der Waals surface area contributed by atoms with Gasteiger partial charge in [-0.15, -0.1) is 0 Å². The molecule has 1 atom stereocenters. The molecular weight excluding hydrogens is 315 g/mol. The lowest BCUT2D eigenvalue weighted by Gasteiger charge is -2.08. The van der Waals surface area contributed by atoms with Gasteiger partial charge in [0.25, 0.3) is 0 Å². The van der Waals surface area contributed by atoms with E-state index in [1.54, 1.807) is 0 Å². The van der Waals surface area contributed by atoms with Crippen LogP contribution in [0, 0.1) is 9.49 Å². The second-order valence-electron chi connectivity index (χ2n) is 4.57. The van der Waals surface area contributed by atoms with Crippen molar-refractivity contribution in [1.29, 1.82) is 0 Å². The van der Waals surface area contributed by atoms with Gasteiger partial charge in [-0.05, 0) is 41.9 Å². The van der Waals surface area contributed by atoms with Crippen LogP contribution in [-0.4, -0.2) is 16.4 Å². The monoisotopic (exact) mass is 336 g/mol. The van der Waals surface area contributed by atoms with E-state index in [1.807, 2.05) is 4.68 Å². The largest absolute Gasteiger partial charge is 0.375 e. The van der Waals surface area contributed by atoms with Crippen molar-refractivity contribution >= 4 is 22.6 Å². The molecule has 0 bridgehead atoms. The average molecular weight is 336 g/mol. The minimum absolute atomic E-state index is 0.465. The zero-order chi connectivity index (χ0) is 12.1. The molecule has 0 unspecified atom stereocenters. The lowest BCUT2D eigenvalue weighted by atomic mass is 10.2. The van der Waals surface area contributed by atoms with Crippen molar-refractivity contribution in [3.63, 3.8) is 0 Å². The fourth-order valence-electron chi connectivity index (χ4n) is 1.31. The topological polar surface area (TPSA) is 27.1 Å². The normalized spacial score (nSPS) is 13.4. The fraction of sp³-hybridized carbons (Fsp3) is 0.750. The van der Waals surface area contributed by atoms with E-state index >= 15 is 0 Å². The van der Waals surface area contributed by atoms with Gasteiger partial charge in [0.1, 0.15) is 5.69 Å². The maximum atomic E-state index is 5.61. The van der Waals surface area contributed by atoms with Crippen LogP contribution in [0.15, 0.2) is 6.20 Å². The van der Waals surface area contributed by atoms with Gasteiger partial charge in [0.15, 0.2) is 0 Å². The van der Waals surface area contributed by atoms with Gasteiger partial charge in [0, 0.05) is 18.8 Å². The van der Waals surface area contributed by atoms with Gasteiger partial charge in [0.2, 0.25) is 0 Å². The second-order valence-corrected chi connectivity index (χ2v) is 5.73. The molecule has 1 aromatic heterocycles. The molecule has 0 saturated heterocycles. The molecule has 0 radical (unpaired) electrons. The highest BCUT2D eigenvalue weighted by molar-refractivity contribution is 14.1. The minimum Gasteiger partial charge on any atom is -0.375 e. The van der Waals surface area contributed by atoms with Gasteiger partial charge < -0.3 is 4.74 Å². The molecule has 0 aliphatic heterocycles. The summed E-state index contributed by atoms with van der Waals surface area (Å²) in [6.07, 6.45) is 3.20. The van der Waals surface area contributed by atoms with Crippen LogP contribution in [0.3, 0.4) is 0 Å². The summed E-state index contributed by atoms with van der Waals surface area (Å²) in [7, 11) is 0. The Kier molecular flexibility index (Phi) is 5.75. The van der Waals surface area contributed by atoms with E-state index in [9.17, 15) is 0 Å². The Labute approximate surface area is 112 Å². The molecule has 0 spiro atoms. The van der Waals surface area contributed by atoms with Crippen LogP contribution in [0.5, 0.6) is 0 Å². The minimum atomic E-state index is 0.465. The Balaban J connectivity index is 2.56. The van der Waals surface area contributed by atoms with Crippen molar-refractivity contribution in [1.82, 2.24) is 9.78 Å². The van der Waals surface area contributed by atoms with Gasteiger partial charge in [-0.25, -0.2) is 0 Å². The lowest BCUT2D eigenvalue weighted by Crippen LogP contribution is -2.06. The van der Waals surface area contributed by atoms with Crippen molar-refractivity contribution in [3.8, 4) is 0 Å². The summed E-state index contributed by atoms with van der Waals surface area (Å²) in [6, 6.07) is 0.465. The molecule has 0 fully saturated rings. The first-order valence-corrected chi connectivity index (χ1v) is 6.93. The van der Waals surface area contributed by atoms with Gasteiger partial charge in [-0.3, -0.25) is 4.68 Å². The zero-order valence-corrected chi connectivity index (χ0v) is 12.7. The average Bonchev–Trinajstić information content (AvgIpc) is 2.59. The molecular formula is C12H21IN2O. The highest BCUT2D eigenvalue weighted by Crippen LogP contribution is 2.16. The van der Waals surface area contributed by atoms with Crippen LogP contribution >= 0.6 is 22.6 Å². The van der Waals surface area contributed by atoms with Crippen LogP contribution in [0.2, 0.25) is 0 Å². The third-order valence-electron chi connectivity index (χ3n) is 2.49. The van der Waals surface area contributed by atoms with E-state index in [2.05, 4.69) is 61.6 Å². The molecule has 92 valence electrons. The van der Waals surface area contributed by atoms with Crippen LogP contribution in [0.1, 0.15) is 45.9 Å². The summed E-state index contributed by atoms with van der Waals surface area (Å²) in [4.78, 5) is 0. The molecule has 0 saturated carbocycles. The Bertz CT molecular complexity index is 323. The van der Waals surface area contributed by atoms with Crippen LogP contribution < -0.4 is 0 Å². The van der Waals surface area contributed by atoms with Crippen molar-refractivity contribution in [2.75, 3.05) is 6.61 Å². The number of hydrogen-bond acceptors (Lipinski definition) is 2. The van der Waals surface area contributed by atoms with E-state index in [4.69, 9.17) is 4.74 Å². The van der Waals surface area contributed by atoms with Crippen molar-refractivity contribution in [3.05, 3.63) is 15.5 Å². The van der Waals surface area contributed by atoms with Gasteiger partial charge in [-0.1, -0.05) is 20.8 Å². The maximum Gasteiger partial charge on any atom is 0.101 e. The third kappa shape index (κ3) is 4.05. The predicted octanol–water partition coefficient (Wildman–Crippen LogP) is 3.63. The van der Waals surface area contributed by atoms with Crippen LogP contribution in [0.25, 0.3) is 0 Å². The molecule has 1 heterocycles. The van der Waals surface area contributed by atoms with Crippen molar-refractivity contribution in [2.45, 2.75) is 46.8 Å². The maximum absolute atomic E-state index is 5.61. The summed E-state index contributed by atoms with van der Waals surface area (Å²) >= 11 is 2.32. The van der Waals surface area contributed by atoms with Crippen molar-refractivity contribution in [2.24, 2.45) is 5.92 Å². The third-order valence-corrected chi connectivity index (χ3v) is 3.39. The summed E-state index contributed by atoms with van der Waals surface area (Å²) in [5.41, 5.74) is 1.06. The molecule has 16 heavy (non-hydrogen) atoms. The molecule has 3 nitrogen and oxygen atoms in total. The van der Waals surface area contributed by atoms with Gasteiger partial charge in [0.05, 0.1) is 10.2 Å². The number of hydrogen-bond donors (Lipinski definition) is 0. The Hall–Kier alpha value is -0.100. The molecule has 0 amide bonds. The highest BCUT2D eigenvalue weighted by atomic mass is 127. The number of aromatic nitrogens is 2. The first-order chi connectivity index (χ1) is 7.54. The van der Waals surface area contributed by atoms with E-state index < -0.39 is 0 Å². The second kappa shape index (κ2) is 6.59. The number of rotatable bonds is 6. The molecule has 0 aliphatic rings. The fourth-order valence-corrected chi connectivity index (χ4v) is 1.86. The summed E-state index contributed by atoms with van der Waals surface area (Å²) in [5, 5.41) is 4.56. The van der Waals surface area contributed by atoms with Gasteiger partial charge >= 0.3 is 0 Å². The Morgan fingerprint density at radius 3 is 2.69 bits per heavy atom. The number of nitrogens with zero attached hydrogens (tertiary/aromatic N) is 2. The molecule has 0 aliphatic carbocycles. The van der Waals surface area contributed by atoms with Crippen molar-refractivity contribution < 1.29 is 4.74 Å². The Morgan fingerprint density at radius 2 is 2.12 bits per heavy atom. The summed E-state index contributed by atoms with van der Waals surface area (Å²) in [6.45, 7) is 10.1. The molecule has 1 aromatic rings. The first kappa shape index (κ1) is 14.0. The van der Waals surface area contributed by atoms with E-state index in [-0.39, 0.29) is 0 Å². The summed E-state index contributed by atoms with van der Waals surface area (Å²) in [5.74, 6) is 0.578. The quantitative estimate of drug-likeness (QED) is 0.742. The van der Waals surface area contributed by atoms with E-state index in [0.717, 1.165) is 18.7 Å². The Morgan fingerprint density at radius 1 is 1.44 bits per heavy atom. The smallest absolute Gasteiger partial charge is 0.101 e. The SMILES string of the molecule is CC[C@H](C)n1cc(I)c(COCC(C)C)n1. The standard InChI is InChI=1S/C12H21IN2O/c1-5-10(4)15-6-11(13)12(14-15)8-16-7-9(2)3/h6,9-10H,5,7-8H2,1-4H3/t10-/m0/s1. The number of halogens is 1. The molecule has 1 rings (SSSR count). The number of ether oxygens (including phenoxy) is 1. The van der Waals surface area contributed by atoms with Gasteiger partial charge in [-0.2, -0.15) is 5.10 Å². The van der Waals surface area contributed by atoms with Crippen LogP contribution in [0.4, 0.5) is 0 Å². The molecule has 4 heteroatoms. The van der Waals surface area contributed by atoms with E-state index in [0.29, 0.717) is 18.6 Å². The lowest BCUT2D eigenvalue weighted by molar-refractivity contribution is 0.0938.